The minimum atomic E-state index is -4.38. The molecule has 1 amide bonds. The third-order valence-electron chi connectivity index (χ3n) is 7.15. The second kappa shape index (κ2) is 8.34. The van der Waals surface area contributed by atoms with Gasteiger partial charge in [0.25, 0.3) is 0 Å². The lowest BCUT2D eigenvalue weighted by Gasteiger charge is -2.50. The maximum absolute atomic E-state index is 13.6. The van der Waals surface area contributed by atoms with E-state index in [0.29, 0.717) is 25.1 Å². The monoisotopic (exact) mass is 443 g/mol. The first-order chi connectivity index (χ1) is 15.4. The lowest BCUT2D eigenvalue weighted by atomic mass is 9.82. The first-order valence-electron chi connectivity index (χ1n) is 11.5. The molecule has 0 aliphatic carbocycles. The van der Waals surface area contributed by atoms with Crippen molar-refractivity contribution in [2.75, 3.05) is 42.5 Å². The molecular weight excluding hydrogens is 415 g/mol. The predicted molar refractivity (Wildman–Crippen MR) is 119 cm³/mol. The molecule has 0 N–H and O–H groups in total. The minimum absolute atomic E-state index is 0.0531. The molecule has 3 aliphatic rings. The van der Waals surface area contributed by atoms with E-state index in [4.69, 9.17) is 0 Å². The van der Waals surface area contributed by atoms with Crippen molar-refractivity contribution in [1.29, 1.82) is 0 Å². The number of benzene rings is 2. The zero-order valence-electron chi connectivity index (χ0n) is 18.0. The second-order valence-corrected chi connectivity index (χ2v) is 9.08. The van der Waals surface area contributed by atoms with Gasteiger partial charge in [-0.05, 0) is 61.6 Å². The first-order valence-corrected chi connectivity index (χ1v) is 11.5. The van der Waals surface area contributed by atoms with E-state index in [-0.39, 0.29) is 17.9 Å². The quantitative estimate of drug-likeness (QED) is 0.680. The van der Waals surface area contributed by atoms with Crippen molar-refractivity contribution < 1.29 is 18.0 Å². The lowest BCUT2D eigenvalue weighted by molar-refractivity contribution is -0.137. The SMILES string of the molecule is O=C(C1Cc2cc(C(F)(F)F)ccc2N2CCN(c3ccccc3)CC12)N1CCCCC1. The molecule has 0 spiro atoms. The van der Waals surface area contributed by atoms with Crippen molar-refractivity contribution in [3.63, 3.8) is 0 Å². The summed E-state index contributed by atoms with van der Waals surface area (Å²) in [7, 11) is 0. The highest BCUT2D eigenvalue weighted by Crippen LogP contribution is 2.40. The summed E-state index contributed by atoms with van der Waals surface area (Å²) in [6.45, 7) is 3.64. The topological polar surface area (TPSA) is 26.8 Å². The Balaban J connectivity index is 1.49. The standard InChI is InChI=1S/C25H28F3N3O/c26-25(27,28)19-9-10-22-18(15-19)16-21(24(32)29-11-5-2-6-12-29)23-17-30(13-14-31(22)23)20-7-3-1-4-8-20/h1,3-4,7-10,15,21,23H,2,5-6,11-14,16-17H2. The Morgan fingerprint density at radius 1 is 0.906 bits per heavy atom. The number of piperidine rings is 1. The Hall–Kier alpha value is -2.70. The van der Waals surface area contributed by atoms with E-state index in [1.165, 1.54) is 12.1 Å². The maximum Gasteiger partial charge on any atom is 0.416 e. The van der Waals surface area contributed by atoms with Crippen LogP contribution in [-0.2, 0) is 17.4 Å². The molecule has 5 rings (SSSR count). The summed E-state index contributed by atoms with van der Waals surface area (Å²) in [5.74, 6) is -0.242. The largest absolute Gasteiger partial charge is 0.416 e. The van der Waals surface area contributed by atoms with Crippen molar-refractivity contribution in [2.24, 2.45) is 5.92 Å². The van der Waals surface area contributed by atoms with Gasteiger partial charge in [-0.2, -0.15) is 13.2 Å². The molecule has 2 unspecified atom stereocenters. The Bertz CT molecular complexity index is 972. The van der Waals surface area contributed by atoms with Crippen molar-refractivity contribution in [2.45, 2.75) is 37.9 Å². The van der Waals surface area contributed by atoms with Crippen LogP contribution in [0.3, 0.4) is 0 Å². The fourth-order valence-corrected chi connectivity index (χ4v) is 5.51. The summed E-state index contributed by atoms with van der Waals surface area (Å²) < 4.78 is 40.1. The number of halogens is 3. The molecule has 2 fully saturated rings. The lowest BCUT2D eigenvalue weighted by Crippen LogP contribution is -2.61. The van der Waals surface area contributed by atoms with Crippen LogP contribution in [0.5, 0.6) is 0 Å². The van der Waals surface area contributed by atoms with Crippen molar-refractivity contribution in [3.8, 4) is 0 Å². The summed E-state index contributed by atoms with van der Waals surface area (Å²) in [4.78, 5) is 20.0. The minimum Gasteiger partial charge on any atom is -0.368 e. The van der Waals surface area contributed by atoms with Crippen LogP contribution in [0, 0.1) is 5.92 Å². The van der Waals surface area contributed by atoms with Crippen LogP contribution in [-0.4, -0.2) is 49.6 Å². The summed E-state index contributed by atoms with van der Waals surface area (Å²) in [6.07, 6.45) is -0.901. The Morgan fingerprint density at radius 3 is 2.38 bits per heavy atom. The van der Waals surface area contributed by atoms with Gasteiger partial charge in [-0.1, -0.05) is 18.2 Å². The number of carbonyl (C=O) groups excluding carboxylic acids is 1. The number of carbonyl (C=O) groups is 1. The normalized spacial score (nSPS) is 23.5. The summed E-state index contributed by atoms with van der Waals surface area (Å²) in [6, 6.07) is 14.1. The number of hydrogen-bond acceptors (Lipinski definition) is 3. The molecule has 0 bridgehead atoms. The molecule has 0 aromatic heterocycles. The smallest absolute Gasteiger partial charge is 0.368 e. The van der Waals surface area contributed by atoms with Gasteiger partial charge >= 0.3 is 6.18 Å². The van der Waals surface area contributed by atoms with E-state index in [1.807, 2.05) is 23.1 Å². The predicted octanol–water partition coefficient (Wildman–Crippen LogP) is 4.59. The average Bonchev–Trinajstić information content (AvgIpc) is 2.83. The number of nitrogens with zero attached hydrogens (tertiary/aromatic N) is 3. The van der Waals surface area contributed by atoms with Crippen LogP contribution in [0.4, 0.5) is 24.5 Å². The van der Waals surface area contributed by atoms with E-state index in [0.717, 1.165) is 50.3 Å². The number of likely N-dealkylation sites (tertiary alicyclic amines) is 1. The Kier molecular flexibility index (Phi) is 5.51. The Labute approximate surface area is 186 Å². The van der Waals surface area contributed by atoms with Crippen LogP contribution in [0.25, 0.3) is 0 Å². The molecule has 0 radical (unpaired) electrons. The molecule has 4 nitrogen and oxygen atoms in total. The number of hydrogen-bond donors (Lipinski definition) is 0. The summed E-state index contributed by atoms with van der Waals surface area (Å²) in [5, 5.41) is 0. The van der Waals surface area contributed by atoms with Crippen LogP contribution in [0.15, 0.2) is 48.5 Å². The highest BCUT2D eigenvalue weighted by molar-refractivity contribution is 5.82. The van der Waals surface area contributed by atoms with Crippen LogP contribution in [0.2, 0.25) is 0 Å². The van der Waals surface area contributed by atoms with E-state index < -0.39 is 11.7 Å². The number of piperazine rings is 1. The van der Waals surface area contributed by atoms with Crippen molar-refractivity contribution >= 4 is 17.3 Å². The molecule has 2 atom stereocenters. The first kappa shape index (κ1) is 21.2. The average molecular weight is 444 g/mol. The van der Waals surface area contributed by atoms with E-state index >= 15 is 0 Å². The molecule has 2 aromatic rings. The molecule has 7 heteroatoms. The van der Waals surface area contributed by atoms with Crippen LogP contribution < -0.4 is 9.80 Å². The van der Waals surface area contributed by atoms with Gasteiger partial charge in [0.05, 0.1) is 17.5 Å². The second-order valence-electron chi connectivity index (χ2n) is 9.08. The van der Waals surface area contributed by atoms with Gasteiger partial charge in [-0.25, -0.2) is 0 Å². The van der Waals surface area contributed by atoms with Gasteiger partial charge in [-0.15, -0.1) is 0 Å². The summed E-state index contributed by atoms with van der Waals surface area (Å²) >= 11 is 0. The third kappa shape index (κ3) is 3.93. The molecule has 3 aliphatic heterocycles. The number of rotatable bonds is 2. The zero-order chi connectivity index (χ0) is 22.3. The molecule has 32 heavy (non-hydrogen) atoms. The number of anilines is 2. The molecule has 2 saturated heterocycles. The van der Waals surface area contributed by atoms with Crippen molar-refractivity contribution in [3.05, 3.63) is 59.7 Å². The Morgan fingerprint density at radius 2 is 1.66 bits per heavy atom. The van der Waals surface area contributed by atoms with Gasteiger partial charge in [0.15, 0.2) is 0 Å². The highest BCUT2D eigenvalue weighted by Gasteiger charge is 2.44. The van der Waals surface area contributed by atoms with Gasteiger partial charge in [0, 0.05) is 44.1 Å². The summed E-state index contributed by atoms with van der Waals surface area (Å²) in [5.41, 5.74) is 1.97. The molecule has 3 heterocycles. The number of amides is 1. The van der Waals surface area contributed by atoms with E-state index in [1.54, 1.807) is 6.07 Å². The zero-order valence-corrected chi connectivity index (χ0v) is 18.0. The van der Waals surface area contributed by atoms with E-state index in [9.17, 15) is 18.0 Å². The number of alkyl halides is 3. The van der Waals surface area contributed by atoms with Gasteiger partial charge in [0.1, 0.15) is 0 Å². The number of para-hydroxylation sites is 1. The number of fused-ring (bicyclic) bond motifs is 3. The van der Waals surface area contributed by atoms with Gasteiger partial charge < -0.3 is 14.7 Å². The fraction of sp³-hybridized carbons (Fsp3) is 0.480. The van der Waals surface area contributed by atoms with Crippen LogP contribution in [0.1, 0.15) is 30.4 Å². The van der Waals surface area contributed by atoms with Gasteiger partial charge in [-0.3, -0.25) is 4.79 Å². The molecular formula is C25H28F3N3O. The third-order valence-corrected chi connectivity index (χ3v) is 7.15. The highest BCUT2D eigenvalue weighted by atomic mass is 19.4. The molecule has 2 aromatic carbocycles. The fourth-order valence-electron chi connectivity index (χ4n) is 5.51. The van der Waals surface area contributed by atoms with E-state index in [2.05, 4.69) is 21.9 Å². The molecule has 170 valence electrons. The maximum atomic E-state index is 13.6. The van der Waals surface area contributed by atoms with Gasteiger partial charge in [0.2, 0.25) is 5.91 Å². The van der Waals surface area contributed by atoms with Crippen molar-refractivity contribution in [1.82, 2.24) is 4.90 Å². The van der Waals surface area contributed by atoms with Crippen LogP contribution >= 0.6 is 0 Å². The molecule has 0 saturated carbocycles.